The third kappa shape index (κ3) is 7.06. The second-order valence-corrected chi connectivity index (χ2v) is 10.4. The number of nitrogens with zero attached hydrogens (tertiary/aromatic N) is 2. The summed E-state index contributed by atoms with van der Waals surface area (Å²) in [6.07, 6.45) is -0.0233. The van der Waals surface area contributed by atoms with Gasteiger partial charge in [0.1, 0.15) is 5.01 Å². The van der Waals surface area contributed by atoms with E-state index in [1.807, 2.05) is 18.2 Å². The highest BCUT2D eigenvalue weighted by Gasteiger charge is 2.15. The Morgan fingerprint density at radius 1 is 1.03 bits per heavy atom. The van der Waals surface area contributed by atoms with E-state index in [4.69, 9.17) is 11.6 Å². The van der Waals surface area contributed by atoms with Crippen LogP contribution in [0.25, 0.3) is 0 Å². The number of carbonyl (C=O) groups is 1. The molecule has 2 aromatic carbocycles. The van der Waals surface area contributed by atoms with Gasteiger partial charge in [-0.25, -0.2) is 13.1 Å². The van der Waals surface area contributed by atoms with Crippen molar-refractivity contribution in [3.05, 3.63) is 70.2 Å². The Morgan fingerprint density at radius 3 is 2.50 bits per heavy atom. The summed E-state index contributed by atoms with van der Waals surface area (Å²) in [5.74, 6) is 1.23. The van der Waals surface area contributed by atoms with Gasteiger partial charge in [0.05, 0.1) is 4.90 Å². The maximum absolute atomic E-state index is 12.2. The standard InChI is InChI=1S/C19H19ClN4O3S3/c20-15-6-8-16(9-7-15)30(26,27)21-11-10-17(25)22-19-24-23-18(29-19)13-28-12-14-4-2-1-3-5-14/h1-9,21H,10-13H2,(H,22,24,25). The molecule has 2 N–H and O–H groups in total. The average Bonchev–Trinajstić information content (AvgIpc) is 3.16. The summed E-state index contributed by atoms with van der Waals surface area (Å²) in [6, 6.07) is 15.9. The zero-order valence-corrected chi connectivity index (χ0v) is 19.0. The number of anilines is 1. The van der Waals surface area contributed by atoms with Gasteiger partial charge in [-0.1, -0.05) is 53.3 Å². The first-order chi connectivity index (χ1) is 14.4. The van der Waals surface area contributed by atoms with Gasteiger partial charge in [-0.05, 0) is 29.8 Å². The summed E-state index contributed by atoms with van der Waals surface area (Å²) in [4.78, 5) is 12.1. The van der Waals surface area contributed by atoms with Crippen LogP contribution in [0.4, 0.5) is 5.13 Å². The Bertz CT molecular complexity index is 1070. The lowest BCUT2D eigenvalue weighted by molar-refractivity contribution is -0.116. The molecule has 0 saturated heterocycles. The first-order valence-corrected chi connectivity index (χ1v) is 12.7. The summed E-state index contributed by atoms with van der Waals surface area (Å²) in [5.41, 5.74) is 1.24. The molecule has 0 spiro atoms. The molecule has 1 heterocycles. The minimum absolute atomic E-state index is 0.0233. The van der Waals surface area contributed by atoms with Crippen molar-refractivity contribution in [2.24, 2.45) is 0 Å². The molecule has 158 valence electrons. The van der Waals surface area contributed by atoms with E-state index in [0.717, 1.165) is 10.8 Å². The second-order valence-electron chi connectivity index (χ2n) is 6.13. The number of benzene rings is 2. The SMILES string of the molecule is O=C(CCNS(=O)(=O)c1ccc(Cl)cc1)Nc1nnc(CSCc2ccccc2)s1. The van der Waals surface area contributed by atoms with E-state index in [-0.39, 0.29) is 23.8 Å². The lowest BCUT2D eigenvalue weighted by Gasteiger charge is -2.06. The van der Waals surface area contributed by atoms with Gasteiger partial charge >= 0.3 is 0 Å². The molecule has 0 aliphatic carbocycles. The van der Waals surface area contributed by atoms with Crippen LogP contribution in [0.1, 0.15) is 17.0 Å². The second kappa shape index (κ2) is 10.9. The van der Waals surface area contributed by atoms with Crippen molar-refractivity contribution in [2.75, 3.05) is 11.9 Å². The van der Waals surface area contributed by atoms with Crippen molar-refractivity contribution >= 4 is 55.8 Å². The van der Waals surface area contributed by atoms with E-state index < -0.39 is 10.0 Å². The number of halogens is 1. The maximum atomic E-state index is 12.2. The zero-order valence-electron chi connectivity index (χ0n) is 15.7. The van der Waals surface area contributed by atoms with E-state index in [1.165, 1.54) is 41.2 Å². The summed E-state index contributed by atoms with van der Waals surface area (Å²) >= 11 is 8.79. The number of sulfonamides is 1. The molecule has 11 heteroatoms. The molecule has 3 aromatic rings. The maximum Gasteiger partial charge on any atom is 0.240 e. The Balaban J connectivity index is 1.40. The molecule has 0 aliphatic rings. The van der Waals surface area contributed by atoms with Crippen LogP contribution in [0.3, 0.4) is 0 Å². The molecule has 0 aliphatic heterocycles. The van der Waals surface area contributed by atoms with Crippen molar-refractivity contribution in [1.82, 2.24) is 14.9 Å². The molecule has 1 aromatic heterocycles. The van der Waals surface area contributed by atoms with E-state index in [2.05, 4.69) is 32.4 Å². The van der Waals surface area contributed by atoms with Crippen molar-refractivity contribution in [3.8, 4) is 0 Å². The van der Waals surface area contributed by atoms with E-state index in [0.29, 0.717) is 15.9 Å². The Labute approximate surface area is 188 Å². The predicted octanol–water partition coefficient (Wildman–Crippen LogP) is 3.93. The van der Waals surface area contributed by atoms with E-state index >= 15 is 0 Å². The Kier molecular flexibility index (Phi) is 8.23. The fraction of sp³-hybridized carbons (Fsp3) is 0.211. The van der Waals surface area contributed by atoms with Gasteiger partial charge in [-0.2, -0.15) is 0 Å². The number of amides is 1. The molecule has 0 bridgehead atoms. The predicted molar refractivity (Wildman–Crippen MR) is 121 cm³/mol. The molecule has 1 amide bonds. The minimum Gasteiger partial charge on any atom is -0.300 e. The van der Waals surface area contributed by atoms with Crippen molar-refractivity contribution < 1.29 is 13.2 Å². The first kappa shape index (κ1) is 22.7. The highest BCUT2D eigenvalue weighted by Crippen LogP contribution is 2.22. The van der Waals surface area contributed by atoms with Crippen molar-refractivity contribution in [3.63, 3.8) is 0 Å². The normalized spacial score (nSPS) is 11.4. The quantitative estimate of drug-likeness (QED) is 0.454. The van der Waals surface area contributed by atoms with Crippen LogP contribution in [-0.2, 0) is 26.3 Å². The van der Waals surface area contributed by atoms with Crippen LogP contribution in [0, 0.1) is 0 Å². The van der Waals surface area contributed by atoms with Gasteiger partial charge in [-0.3, -0.25) is 4.79 Å². The number of rotatable bonds is 10. The molecule has 0 atom stereocenters. The van der Waals surface area contributed by atoms with Crippen molar-refractivity contribution in [2.45, 2.75) is 22.8 Å². The molecular weight excluding hydrogens is 464 g/mol. The highest BCUT2D eigenvalue weighted by atomic mass is 35.5. The number of carbonyl (C=O) groups excluding carboxylic acids is 1. The Hall–Kier alpha value is -1.98. The number of hydrogen-bond acceptors (Lipinski definition) is 7. The summed E-state index contributed by atoms with van der Waals surface area (Å²) in [5, 5.41) is 12.4. The topological polar surface area (TPSA) is 101 Å². The van der Waals surface area contributed by atoms with Crippen molar-refractivity contribution in [1.29, 1.82) is 0 Å². The lowest BCUT2D eigenvalue weighted by atomic mass is 10.2. The van der Waals surface area contributed by atoms with Crippen LogP contribution in [0.5, 0.6) is 0 Å². The summed E-state index contributed by atoms with van der Waals surface area (Å²) in [7, 11) is -3.69. The van der Waals surface area contributed by atoms with Gasteiger partial charge in [-0.15, -0.1) is 22.0 Å². The van der Waals surface area contributed by atoms with Crippen LogP contribution in [0.2, 0.25) is 5.02 Å². The van der Waals surface area contributed by atoms with Crippen LogP contribution in [-0.4, -0.2) is 31.1 Å². The molecule has 30 heavy (non-hydrogen) atoms. The zero-order chi connectivity index (χ0) is 21.4. The highest BCUT2D eigenvalue weighted by molar-refractivity contribution is 7.97. The number of hydrogen-bond donors (Lipinski definition) is 2. The molecule has 3 rings (SSSR count). The molecular formula is C19H19ClN4O3S3. The first-order valence-electron chi connectivity index (χ1n) is 8.91. The van der Waals surface area contributed by atoms with E-state index in [1.54, 1.807) is 11.8 Å². The number of aromatic nitrogens is 2. The number of thioether (sulfide) groups is 1. The third-order valence-electron chi connectivity index (χ3n) is 3.82. The van der Waals surface area contributed by atoms with Gasteiger partial charge in [0, 0.05) is 29.5 Å². The van der Waals surface area contributed by atoms with Crippen LogP contribution < -0.4 is 10.0 Å². The fourth-order valence-corrected chi connectivity index (χ4v) is 5.33. The monoisotopic (exact) mass is 482 g/mol. The molecule has 0 saturated carbocycles. The van der Waals surface area contributed by atoms with Gasteiger partial charge in [0.25, 0.3) is 0 Å². The smallest absolute Gasteiger partial charge is 0.240 e. The third-order valence-corrected chi connectivity index (χ3v) is 7.58. The largest absolute Gasteiger partial charge is 0.300 e. The van der Waals surface area contributed by atoms with Gasteiger partial charge in [0.2, 0.25) is 21.1 Å². The molecule has 0 unspecified atom stereocenters. The summed E-state index contributed by atoms with van der Waals surface area (Å²) in [6.45, 7) is -0.0324. The minimum atomic E-state index is -3.69. The molecule has 7 nitrogen and oxygen atoms in total. The fourth-order valence-electron chi connectivity index (χ4n) is 2.37. The molecule has 0 radical (unpaired) electrons. The summed E-state index contributed by atoms with van der Waals surface area (Å²) < 4.78 is 26.8. The van der Waals surface area contributed by atoms with Gasteiger partial charge < -0.3 is 5.32 Å². The number of nitrogens with one attached hydrogen (secondary N) is 2. The van der Waals surface area contributed by atoms with E-state index in [9.17, 15) is 13.2 Å². The van der Waals surface area contributed by atoms with Crippen LogP contribution in [0.15, 0.2) is 59.5 Å². The Morgan fingerprint density at radius 2 is 1.77 bits per heavy atom. The average molecular weight is 483 g/mol. The molecule has 0 fully saturated rings. The lowest BCUT2D eigenvalue weighted by Crippen LogP contribution is -2.27. The van der Waals surface area contributed by atoms with Gasteiger partial charge in [0.15, 0.2) is 0 Å². The van der Waals surface area contributed by atoms with Crippen LogP contribution >= 0.6 is 34.7 Å².